The van der Waals surface area contributed by atoms with E-state index in [9.17, 15) is 14.0 Å². The molecule has 5 nitrogen and oxygen atoms in total. The first kappa shape index (κ1) is 12.2. The van der Waals surface area contributed by atoms with Crippen molar-refractivity contribution < 1.29 is 14.0 Å². The highest BCUT2D eigenvalue weighted by atomic mass is 19.1. The van der Waals surface area contributed by atoms with Crippen molar-refractivity contribution in [1.29, 1.82) is 0 Å². The summed E-state index contributed by atoms with van der Waals surface area (Å²) in [5, 5.41) is 4.64. The van der Waals surface area contributed by atoms with Crippen molar-refractivity contribution in [1.82, 2.24) is 10.6 Å². The number of rotatable bonds is 3. The van der Waals surface area contributed by atoms with Crippen molar-refractivity contribution in [2.45, 2.75) is 19.4 Å². The highest BCUT2D eigenvalue weighted by molar-refractivity contribution is 6.45. The zero-order chi connectivity index (χ0) is 13.1. The van der Waals surface area contributed by atoms with E-state index in [0.717, 1.165) is 5.56 Å². The average molecular weight is 249 g/mol. The van der Waals surface area contributed by atoms with Crippen molar-refractivity contribution in [3.63, 3.8) is 0 Å². The van der Waals surface area contributed by atoms with Gasteiger partial charge in [0, 0.05) is 0 Å². The Balaban J connectivity index is 1.98. The molecule has 2 amide bonds. The van der Waals surface area contributed by atoms with Crippen LogP contribution in [0.25, 0.3) is 0 Å². The van der Waals surface area contributed by atoms with E-state index in [-0.39, 0.29) is 17.8 Å². The Morgan fingerprint density at radius 2 is 1.72 bits per heavy atom. The summed E-state index contributed by atoms with van der Waals surface area (Å²) in [6.45, 7) is 1.84. The molecule has 2 rings (SSSR count). The fourth-order valence-corrected chi connectivity index (χ4v) is 1.65. The Morgan fingerprint density at radius 1 is 1.17 bits per heavy atom. The molecule has 1 fully saturated rings. The van der Waals surface area contributed by atoms with E-state index in [1.54, 1.807) is 12.1 Å². The molecule has 1 unspecified atom stereocenters. The molecule has 1 aromatic rings. The average Bonchev–Trinajstić information content (AvgIpc) is 2.61. The molecule has 1 heterocycles. The lowest BCUT2D eigenvalue weighted by Crippen LogP contribution is -2.27. The molecule has 0 radical (unpaired) electrons. The van der Waals surface area contributed by atoms with Crippen LogP contribution in [0.5, 0.6) is 0 Å². The Bertz CT molecular complexity index is 493. The van der Waals surface area contributed by atoms with Gasteiger partial charge in [0.1, 0.15) is 5.82 Å². The van der Waals surface area contributed by atoms with E-state index in [0.29, 0.717) is 6.42 Å². The van der Waals surface area contributed by atoms with Crippen molar-refractivity contribution >= 4 is 17.8 Å². The number of carbonyl (C=O) groups excluding carboxylic acids is 2. The quantitative estimate of drug-likeness (QED) is 0.759. The van der Waals surface area contributed by atoms with E-state index in [1.165, 1.54) is 12.1 Å². The molecule has 6 heteroatoms. The third-order valence-corrected chi connectivity index (χ3v) is 2.46. The standard InChI is InChI=1S/C12H12FN3O2/c1-7(6-8-2-4-9(13)5-3-8)14-12-15-10(17)11(18)16-12/h2-5,7H,6H2,1H3,(H2,14,15,16,17,18). The number of hydrogen-bond acceptors (Lipinski definition) is 3. The van der Waals surface area contributed by atoms with Gasteiger partial charge >= 0.3 is 11.8 Å². The van der Waals surface area contributed by atoms with Gasteiger partial charge in [-0.3, -0.25) is 20.2 Å². The van der Waals surface area contributed by atoms with Crippen LogP contribution in [-0.2, 0) is 16.0 Å². The zero-order valence-corrected chi connectivity index (χ0v) is 9.74. The predicted molar refractivity (Wildman–Crippen MR) is 63.3 cm³/mol. The van der Waals surface area contributed by atoms with E-state index in [2.05, 4.69) is 15.6 Å². The van der Waals surface area contributed by atoms with Gasteiger partial charge in [-0.05, 0) is 31.0 Å². The lowest BCUT2D eigenvalue weighted by molar-refractivity contribution is -0.135. The van der Waals surface area contributed by atoms with Crippen molar-refractivity contribution in [2.75, 3.05) is 0 Å². The fourth-order valence-electron chi connectivity index (χ4n) is 1.65. The van der Waals surface area contributed by atoms with Gasteiger partial charge in [-0.15, -0.1) is 0 Å². The fraction of sp³-hybridized carbons (Fsp3) is 0.250. The molecule has 1 aliphatic heterocycles. The third kappa shape index (κ3) is 2.91. The van der Waals surface area contributed by atoms with Crippen molar-refractivity contribution in [3.8, 4) is 0 Å². The van der Waals surface area contributed by atoms with Crippen LogP contribution in [-0.4, -0.2) is 23.8 Å². The SMILES string of the molecule is CC(Cc1ccc(F)cc1)N=C1NC(=O)C(=O)N1. The molecule has 0 aromatic heterocycles. The van der Waals surface area contributed by atoms with Gasteiger partial charge in [0.05, 0.1) is 6.04 Å². The van der Waals surface area contributed by atoms with Crippen LogP contribution in [0.15, 0.2) is 29.3 Å². The number of amides is 2. The number of guanidine groups is 1. The van der Waals surface area contributed by atoms with Crippen LogP contribution in [0.1, 0.15) is 12.5 Å². The molecule has 0 bridgehead atoms. The van der Waals surface area contributed by atoms with Crippen LogP contribution in [0, 0.1) is 5.82 Å². The second-order valence-corrected chi connectivity index (χ2v) is 4.07. The Labute approximate surface area is 103 Å². The van der Waals surface area contributed by atoms with Gasteiger partial charge in [0.15, 0.2) is 0 Å². The molecule has 1 atom stereocenters. The largest absolute Gasteiger partial charge is 0.316 e. The first-order valence-electron chi connectivity index (χ1n) is 5.49. The summed E-state index contributed by atoms with van der Waals surface area (Å²) in [6, 6.07) is 5.99. The Morgan fingerprint density at radius 3 is 2.28 bits per heavy atom. The number of aliphatic imine (C=N–C) groups is 1. The zero-order valence-electron chi connectivity index (χ0n) is 9.74. The number of hydrogen-bond donors (Lipinski definition) is 2. The predicted octanol–water partition coefficient (Wildman–Crippen LogP) is 0.359. The maximum Gasteiger partial charge on any atom is 0.316 e. The molecule has 18 heavy (non-hydrogen) atoms. The number of benzene rings is 1. The summed E-state index contributed by atoms with van der Waals surface area (Å²) in [4.78, 5) is 26.0. The van der Waals surface area contributed by atoms with E-state index in [1.807, 2.05) is 6.92 Å². The smallest absolute Gasteiger partial charge is 0.288 e. The van der Waals surface area contributed by atoms with E-state index in [4.69, 9.17) is 0 Å². The van der Waals surface area contributed by atoms with Gasteiger partial charge < -0.3 is 0 Å². The summed E-state index contributed by atoms with van der Waals surface area (Å²) in [5.74, 6) is -1.53. The van der Waals surface area contributed by atoms with Crippen LogP contribution < -0.4 is 10.6 Å². The molecule has 0 spiro atoms. The van der Waals surface area contributed by atoms with E-state index >= 15 is 0 Å². The number of nitrogens with one attached hydrogen (secondary N) is 2. The Kier molecular flexibility index (Phi) is 3.36. The van der Waals surface area contributed by atoms with Crippen molar-refractivity contribution in [2.24, 2.45) is 4.99 Å². The first-order valence-corrected chi connectivity index (χ1v) is 5.49. The third-order valence-electron chi connectivity index (χ3n) is 2.46. The number of nitrogens with zero attached hydrogens (tertiary/aromatic N) is 1. The highest BCUT2D eigenvalue weighted by Gasteiger charge is 2.25. The minimum atomic E-state index is -0.706. The lowest BCUT2D eigenvalue weighted by Gasteiger charge is -2.07. The summed E-state index contributed by atoms with van der Waals surface area (Å²) < 4.78 is 12.7. The molecule has 0 aliphatic carbocycles. The normalized spacial score (nSPS) is 16.2. The minimum Gasteiger partial charge on any atom is -0.288 e. The summed E-state index contributed by atoms with van der Waals surface area (Å²) in [6.07, 6.45) is 0.593. The van der Waals surface area contributed by atoms with Crippen molar-refractivity contribution in [3.05, 3.63) is 35.6 Å². The molecule has 1 aromatic carbocycles. The van der Waals surface area contributed by atoms with Gasteiger partial charge in [0.2, 0.25) is 5.96 Å². The second kappa shape index (κ2) is 4.95. The molecular weight excluding hydrogens is 237 g/mol. The second-order valence-electron chi connectivity index (χ2n) is 4.07. The highest BCUT2D eigenvalue weighted by Crippen LogP contribution is 2.07. The number of carbonyl (C=O) groups is 2. The maximum absolute atomic E-state index is 12.7. The van der Waals surface area contributed by atoms with Crippen LogP contribution in [0.4, 0.5) is 4.39 Å². The van der Waals surface area contributed by atoms with Crippen LogP contribution >= 0.6 is 0 Å². The molecule has 0 saturated carbocycles. The molecule has 94 valence electrons. The van der Waals surface area contributed by atoms with Crippen LogP contribution in [0.2, 0.25) is 0 Å². The summed E-state index contributed by atoms with van der Waals surface area (Å²) in [7, 11) is 0. The maximum atomic E-state index is 12.7. The summed E-state index contributed by atoms with van der Waals surface area (Å²) >= 11 is 0. The lowest BCUT2D eigenvalue weighted by atomic mass is 10.1. The summed E-state index contributed by atoms with van der Waals surface area (Å²) in [5.41, 5.74) is 0.934. The monoisotopic (exact) mass is 249 g/mol. The number of halogens is 1. The van der Waals surface area contributed by atoms with Gasteiger partial charge in [-0.25, -0.2) is 9.38 Å². The topological polar surface area (TPSA) is 70.6 Å². The Hall–Kier alpha value is -2.24. The van der Waals surface area contributed by atoms with Gasteiger partial charge in [0.25, 0.3) is 0 Å². The van der Waals surface area contributed by atoms with Gasteiger partial charge in [-0.1, -0.05) is 12.1 Å². The molecule has 1 aliphatic rings. The first-order chi connectivity index (χ1) is 8.54. The molecule has 2 N–H and O–H groups in total. The molecule has 1 saturated heterocycles. The molecular formula is C12H12FN3O2. The van der Waals surface area contributed by atoms with Gasteiger partial charge in [-0.2, -0.15) is 0 Å². The van der Waals surface area contributed by atoms with Crippen LogP contribution in [0.3, 0.4) is 0 Å². The minimum absolute atomic E-state index is 0.135. The van der Waals surface area contributed by atoms with E-state index < -0.39 is 11.8 Å².